The molecule has 132 valence electrons. The highest BCUT2D eigenvalue weighted by Crippen LogP contribution is 2.25. The minimum atomic E-state index is 0.0178. The summed E-state index contributed by atoms with van der Waals surface area (Å²) in [5.74, 6) is 0.0178. The van der Waals surface area contributed by atoms with Crippen molar-refractivity contribution in [3.63, 3.8) is 0 Å². The minimum absolute atomic E-state index is 0.0178. The first kappa shape index (κ1) is 16.3. The summed E-state index contributed by atoms with van der Waals surface area (Å²) in [7, 11) is 2.04. The molecule has 1 atom stereocenters. The number of fused-ring (bicyclic) bond motifs is 1. The summed E-state index contributed by atoms with van der Waals surface area (Å²) >= 11 is 0. The first-order valence-corrected chi connectivity index (χ1v) is 9.08. The monoisotopic (exact) mass is 339 g/mol. The molecule has 2 aliphatic rings. The molecule has 0 aromatic carbocycles. The quantitative estimate of drug-likeness (QED) is 0.855. The summed E-state index contributed by atoms with van der Waals surface area (Å²) in [6.45, 7) is 5.70. The normalized spacial score (nSPS) is 20.7. The smallest absolute Gasteiger partial charge is 0.273 e. The van der Waals surface area contributed by atoms with Gasteiger partial charge in [0.1, 0.15) is 5.69 Å². The second kappa shape index (κ2) is 6.59. The van der Waals surface area contributed by atoms with Crippen LogP contribution in [0.5, 0.6) is 0 Å². The van der Waals surface area contributed by atoms with Crippen LogP contribution in [0.2, 0.25) is 0 Å². The van der Waals surface area contributed by atoms with Gasteiger partial charge in [-0.2, -0.15) is 0 Å². The van der Waals surface area contributed by atoms with Gasteiger partial charge < -0.3 is 14.4 Å². The van der Waals surface area contributed by atoms with Gasteiger partial charge in [0.15, 0.2) is 0 Å². The van der Waals surface area contributed by atoms with Gasteiger partial charge in [-0.3, -0.25) is 4.79 Å². The maximum absolute atomic E-state index is 13.2. The number of carbonyl (C=O) groups excluding carboxylic acids is 1. The Bertz CT molecular complexity index is 778. The van der Waals surface area contributed by atoms with Gasteiger partial charge in [0, 0.05) is 31.4 Å². The van der Waals surface area contributed by atoms with E-state index in [0.29, 0.717) is 12.2 Å². The summed E-state index contributed by atoms with van der Waals surface area (Å²) in [4.78, 5) is 26.6. The third kappa shape index (κ3) is 3.18. The second-order valence-electron chi connectivity index (χ2n) is 7.21. The highest BCUT2D eigenvalue weighted by molar-refractivity contribution is 5.92. The van der Waals surface area contributed by atoms with Crippen LogP contribution in [0, 0.1) is 6.92 Å². The average molecular weight is 339 g/mol. The number of aryl methyl sites for hydroxylation is 2. The Hall–Kier alpha value is -2.21. The van der Waals surface area contributed by atoms with Crippen molar-refractivity contribution in [1.29, 1.82) is 0 Å². The molecule has 1 fully saturated rings. The van der Waals surface area contributed by atoms with E-state index in [0.717, 1.165) is 37.4 Å². The van der Waals surface area contributed by atoms with Crippen LogP contribution in [0.15, 0.2) is 24.5 Å². The topological polar surface area (TPSA) is 54.3 Å². The molecule has 1 saturated heterocycles. The Morgan fingerprint density at radius 2 is 2.08 bits per heavy atom. The van der Waals surface area contributed by atoms with Crippen LogP contribution < -0.4 is 0 Å². The van der Waals surface area contributed by atoms with E-state index in [-0.39, 0.29) is 11.9 Å². The van der Waals surface area contributed by atoms with Crippen LogP contribution >= 0.6 is 0 Å². The maximum Gasteiger partial charge on any atom is 0.273 e. The number of imidazole rings is 1. The summed E-state index contributed by atoms with van der Waals surface area (Å²) in [6, 6.07) is 5.82. The molecule has 4 rings (SSSR count). The van der Waals surface area contributed by atoms with Crippen molar-refractivity contribution in [2.24, 2.45) is 7.05 Å². The lowest BCUT2D eigenvalue weighted by atomic mass is 10.0. The Labute approximate surface area is 148 Å². The molecule has 1 unspecified atom stereocenters. The van der Waals surface area contributed by atoms with Crippen molar-refractivity contribution in [2.75, 3.05) is 19.6 Å². The number of hydrogen-bond acceptors (Lipinski definition) is 4. The van der Waals surface area contributed by atoms with Crippen LogP contribution in [0.1, 0.15) is 40.4 Å². The number of likely N-dealkylation sites (tertiary alicyclic amines) is 1. The first-order chi connectivity index (χ1) is 12.1. The number of amides is 1. The third-order valence-corrected chi connectivity index (χ3v) is 5.37. The molecule has 4 heterocycles. The Morgan fingerprint density at radius 3 is 2.84 bits per heavy atom. The largest absolute Gasteiger partial charge is 0.337 e. The Morgan fingerprint density at radius 1 is 1.28 bits per heavy atom. The molecule has 6 heteroatoms. The van der Waals surface area contributed by atoms with Crippen molar-refractivity contribution >= 4 is 5.91 Å². The number of aromatic nitrogens is 3. The van der Waals surface area contributed by atoms with Gasteiger partial charge in [0.25, 0.3) is 5.91 Å². The zero-order valence-electron chi connectivity index (χ0n) is 15.0. The van der Waals surface area contributed by atoms with Crippen molar-refractivity contribution in [2.45, 2.75) is 38.8 Å². The molecule has 0 aliphatic carbocycles. The van der Waals surface area contributed by atoms with E-state index >= 15 is 0 Å². The molecule has 0 bridgehead atoms. The van der Waals surface area contributed by atoms with Crippen molar-refractivity contribution in [1.82, 2.24) is 24.3 Å². The number of carbonyl (C=O) groups is 1. The molecule has 0 saturated carbocycles. The fourth-order valence-corrected chi connectivity index (χ4v) is 4.00. The molecule has 0 N–H and O–H groups in total. The van der Waals surface area contributed by atoms with Crippen molar-refractivity contribution < 1.29 is 4.79 Å². The number of hydrogen-bond donors (Lipinski definition) is 0. The van der Waals surface area contributed by atoms with E-state index in [1.165, 1.54) is 18.5 Å². The molecular weight excluding hydrogens is 314 g/mol. The molecule has 0 radical (unpaired) electrons. The van der Waals surface area contributed by atoms with E-state index in [4.69, 9.17) is 0 Å². The van der Waals surface area contributed by atoms with Crippen molar-refractivity contribution in [3.05, 3.63) is 47.3 Å². The van der Waals surface area contributed by atoms with E-state index in [1.54, 1.807) is 0 Å². The molecule has 25 heavy (non-hydrogen) atoms. The molecular formula is C19H25N5O. The van der Waals surface area contributed by atoms with E-state index in [2.05, 4.69) is 19.4 Å². The lowest BCUT2D eigenvalue weighted by Gasteiger charge is -2.37. The second-order valence-corrected chi connectivity index (χ2v) is 7.21. The molecule has 2 aromatic rings. The highest BCUT2D eigenvalue weighted by atomic mass is 16.2. The summed E-state index contributed by atoms with van der Waals surface area (Å²) in [5, 5.41) is 0. The molecule has 6 nitrogen and oxygen atoms in total. The Kier molecular flexibility index (Phi) is 4.29. The van der Waals surface area contributed by atoms with Gasteiger partial charge in [0.2, 0.25) is 0 Å². The maximum atomic E-state index is 13.2. The SMILES string of the molecule is Cc1cccc(C(=O)N2Cc3ncn(C)c3CC2CN2CCCC2)n1. The van der Waals surface area contributed by atoms with Gasteiger partial charge in [-0.15, -0.1) is 0 Å². The predicted molar refractivity (Wildman–Crippen MR) is 95.2 cm³/mol. The standard InChI is InChI=1S/C19H25N5O/c1-14-6-5-7-16(21-14)19(25)24-12-17-18(22(2)13-20-17)10-15(24)11-23-8-3-4-9-23/h5-7,13,15H,3-4,8-12H2,1-2H3. The fourth-order valence-electron chi connectivity index (χ4n) is 4.00. The summed E-state index contributed by atoms with van der Waals surface area (Å²) in [6.07, 6.45) is 5.24. The predicted octanol–water partition coefficient (Wildman–Crippen LogP) is 1.79. The summed E-state index contributed by atoms with van der Waals surface area (Å²) < 4.78 is 2.10. The third-order valence-electron chi connectivity index (χ3n) is 5.37. The molecule has 0 spiro atoms. The average Bonchev–Trinajstić information content (AvgIpc) is 3.24. The van der Waals surface area contributed by atoms with Gasteiger partial charge in [0.05, 0.1) is 24.6 Å². The molecule has 2 aliphatic heterocycles. The number of nitrogens with zero attached hydrogens (tertiary/aromatic N) is 5. The Balaban J connectivity index is 1.63. The zero-order valence-corrected chi connectivity index (χ0v) is 15.0. The van der Waals surface area contributed by atoms with Crippen LogP contribution in [0.25, 0.3) is 0 Å². The minimum Gasteiger partial charge on any atom is -0.337 e. The number of rotatable bonds is 3. The highest BCUT2D eigenvalue weighted by Gasteiger charge is 2.34. The fraction of sp³-hybridized carbons (Fsp3) is 0.526. The van der Waals surface area contributed by atoms with Crippen LogP contribution in [0.4, 0.5) is 0 Å². The van der Waals surface area contributed by atoms with Crippen LogP contribution in [-0.2, 0) is 20.0 Å². The lowest BCUT2D eigenvalue weighted by Crippen LogP contribution is -2.50. The molecule has 1 amide bonds. The van der Waals surface area contributed by atoms with E-state index in [9.17, 15) is 4.79 Å². The van der Waals surface area contributed by atoms with E-state index < -0.39 is 0 Å². The van der Waals surface area contributed by atoms with Crippen LogP contribution in [-0.4, -0.2) is 55.9 Å². The van der Waals surface area contributed by atoms with Crippen molar-refractivity contribution in [3.8, 4) is 0 Å². The van der Waals surface area contributed by atoms with Gasteiger partial charge >= 0.3 is 0 Å². The summed E-state index contributed by atoms with van der Waals surface area (Å²) in [5.41, 5.74) is 3.68. The zero-order chi connectivity index (χ0) is 17.4. The van der Waals surface area contributed by atoms with E-state index in [1.807, 2.05) is 43.4 Å². The van der Waals surface area contributed by atoms with Gasteiger partial charge in [-0.25, -0.2) is 9.97 Å². The van der Waals surface area contributed by atoms with Gasteiger partial charge in [-0.1, -0.05) is 6.07 Å². The lowest BCUT2D eigenvalue weighted by molar-refractivity contribution is 0.0580. The van der Waals surface area contributed by atoms with Gasteiger partial charge in [-0.05, 0) is 45.0 Å². The number of pyridine rings is 1. The first-order valence-electron chi connectivity index (χ1n) is 9.08. The van der Waals surface area contributed by atoms with Crippen LogP contribution in [0.3, 0.4) is 0 Å². The molecule has 2 aromatic heterocycles.